The van der Waals surface area contributed by atoms with Crippen molar-refractivity contribution < 1.29 is 4.79 Å². The second-order valence-electron chi connectivity index (χ2n) is 6.31. The Labute approximate surface area is 134 Å². The van der Waals surface area contributed by atoms with Crippen molar-refractivity contribution in [2.24, 2.45) is 0 Å². The van der Waals surface area contributed by atoms with Crippen molar-refractivity contribution in [3.8, 4) is 0 Å². The molecule has 1 N–H and O–H groups in total. The normalized spacial score (nSPS) is 18.6. The summed E-state index contributed by atoms with van der Waals surface area (Å²) in [4.78, 5) is 16.9. The third-order valence-electron chi connectivity index (χ3n) is 4.53. The maximum absolute atomic E-state index is 12.6. The molecule has 1 saturated heterocycles. The highest BCUT2D eigenvalue weighted by molar-refractivity contribution is 5.94. The molecule has 0 bridgehead atoms. The summed E-state index contributed by atoms with van der Waals surface area (Å²) in [5.74, 6) is 0.152. The second-order valence-corrected chi connectivity index (χ2v) is 6.31. The van der Waals surface area contributed by atoms with Crippen molar-refractivity contribution in [3.63, 3.8) is 0 Å². The smallest absolute Gasteiger partial charge is 0.253 e. The van der Waals surface area contributed by atoms with Gasteiger partial charge in [0.2, 0.25) is 0 Å². The first-order valence-electron chi connectivity index (χ1n) is 8.40. The summed E-state index contributed by atoms with van der Waals surface area (Å²) < 4.78 is 0. The standard InChI is InChI=1S/C18H29N3O/c1-5-21(14(2)3)17-10-8-15(9-11-17)18(22)20-12-6-7-16(13-20)19-4/h8-11,14,16,19H,5-7,12-13H2,1-4H3. The molecule has 0 aliphatic carbocycles. The van der Waals surface area contributed by atoms with Gasteiger partial charge in [-0.3, -0.25) is 4.79 Å². The van der Waals surface area contributed by atoms with E-state index in [1.807, 2.05) is 24.1 Å². The minimum atomic E-state index is 0.152. The molecule has 1 unspecified atom stereocenters. The van der Waals surface area contributed by atoms with E-state index in [1.54, 1.807) is 0 Å². The van der Waals surface area contributed by atoms with Gasteiger partial charge >= 0.3 is 0 Å². The monoisotopic (exact) mass is 303 g/mol. The maximum atomic E-state index is 12.6. The number of anilines is 1. The summed E-state index contributed by atoms with van der Waals surface area (Å²) in [6.45, 7) is 9.18. The molecule has 1 heterocycles. The van der Waals surface area contributed by atoms with Crippen molar-refractivity contribution >= 4 is 11.6 Å². The number of carbonyl (C=O) groups excluding carboxylic acids is 1. The van der Waals surface area contributed by atoms with Gasteiger partial charge in [-0.05, 0) is 64.9 Å². The number of benzene rings is 1. The minimum absolute atomic E-state index is 0.152. The first-order valence-corrected chi connectivity index (χ1v) is 8.40. The van der Waals surface area contributed by atoms with Crippen LogP contribution in [0.15, 0.2) is 24.3 Å². The topological polar surface area (TPSA) is 35.6 Å². The van der Waals surface area contributed by atoms with Crippen LogP contribution in [0.4, 0.5) is 5.69 Å². The number of rotatable bonds is 5. The first-order chi connectivity index (χ1) is 10.6. The molecule has 1 aromatic rings. The summed E-state index contributed by atoms with van der Waals surface area (Å²) in [6, 6.07) is 8.95. The Kier molecular flexibility index (Phi) is 5.83. The number of piperidine rings is 1. The Bertz CT molecular complexity index is 484. The van der Waals surface area contributed by atoms with E-state index >= 15 is 0 Å². The van der Waals surface area contributed by atoms with Crippen molar-refractivity contribution in [1.82, 2.24) is 10.2 Å². The molecular formula is C18H29N3O. The predicted molar refractivity (Wildman–Crippen MR) is 92.6 cm³/mol. The highest BCUT2D eigenvalue weighted by Crippen LogP contribution is 2.19. The lowest BCUT2D eigenvalue weighted by Crippen LogP contribution is -2.46. The van der Waals surface area contributed by atoms with Crippen LogP contribution < -0.4 is 10.2 Å². The van der Waals surface area contributed by atoms with Gasteiger partial charge in [-0.1, -0.05) is 0 Å². The number of hydrogen-bond acceptors (Lipinski definition) is 3. The molecule has 0 saturated carbocycles. The van der Waals surface area contributed by atoms with Crippen LogP contribution in [0.1, 0.15) is 44.0 Å². The molecule has 22 heavy (non-hydrogen) atoms. The summed E-state index contributed by atoms with van der Waals surface area (Å²) in [6.07, 6.45) is 2.23. The predicted octanol–water partition coefficient (Wildman–Crippen LogP) is 2.75. The van der Waals surface area contributed by atoms with Gasteiger partial charge in [-0.25, -0.2) is 0 Å². The lowest BCUT2D eigenvalue weighted by molar-refractivity contribution is 0.0698. The third kappa shape index (κ3) is 3.80. The zero-order chi connectivity index (χ0) is 16.1. The molecule has 2 rings (SSSR count). The van der Waals surface area contributed by atoms with E-state index in [4.69, 9.17) is 0 Å². The first kappa shape index (κ1) is 16.8. The number of hydrogen-bond donors (Lipinski definition) is 1. The number of amides is 1. The van der Waals surface area contributed by atoms with Gasteiger partial charge in [0.15, 0.2) is 0 Å². The number of likely N-dealkylation sites (N-methyl/N-ethyl adjacent to an activating group) is 1. The zero-order valence-electron chi connectivity index (χ0n) is 14.3. The molecule has 4 heteroatoms. The summed E-state index contributed by atoms with van der Waals surface area (Å²) >= 11 is 0. The molecule has 1 fully saturated rings. The molecule has 1 aliphatic rings. The lowest BCUT2D eigenvalue weighted by atomic mass is 10.0. The molecule has 4 nitrogen and oxygen atoms in total. The molecular weight excluding hydrogens is 274 g/mol. The highest BCUT2D eigenvalue weighted by Gasteiger charge is 2.23. The molecule has 1 amide bonds. The van der Waals surface area contributed by atoms with Crippen LogP contribution >= 0.6 is 0 Å². The zero-order valence-corrected chi connectivity index (χ0v) is 14.3. The highest BCUT2D eigenvalue weighted by atomic mass is 16.2. The number of carbonyl (C=O) groups is 1. The van der Waals surface area contributed by atoms with Gasteiger partial charge in [-0.2, -0.15) is 0 Å². The quantitative estimate of drug-likeness (QED) is 0.908. The van der Waals surface area contributed by atoms with E-state index in [0.717, 1.165) is 38.0 Å². The van der Waals surface area contributed by atoms with E-state index in [2.05, 4.69) is 43.1 Å². The average Bonchev–Trinajstić information content (AvgIpc) is 2.55. The fourth-order valence-corrected chi connectivity index (χ4v) is 3.22. The van der Waals surface area contributed by atoms with E-state index in [0.29, 0.717) is 12.1 Å². The molecule has 0 radical (unpaired) electrons. The minimum Gasteiger partial charge on any atom is -0.369 e. The molecule has 0 spiro atoms. The van der Waals surface area contributed by atoms with Crippen molar-refractivity contribution in [2.45, 2.75) is 45.7 Å². The number of nitrogens with one attached hydrogen (secondary N) is 1. The van der Waals surface area contributed by atoms with Crippen LogP contribution in [-0.2, 0) is 0 Å². The molecule has 1 atom stereocenters. The Hall–Kier alpha value is -1.55. The molecule has 122 valence electrons. The Balaban J connectivity index is 2.08. The number of likely N-dealkylation sites (tertiary alicyclic amines) is 1. The van der Waals surface area contributed by atoms with Gasteiger partial charge in [0, 0.05) is 43.0 Å². The summed E-state index contributed by atoms with van der Waals surface area (Å²) in [5.41, 5.74) is 1.97. The Morgan fingerprint density at radius 1 is 1.36 bits per heavy atom. The summed E-state index contributed by atoms with van der Waals surface area (Å²) in [7, 11) is 1.97. The molecule has 1 aromatic carbocycles. The SMILES string of the molecule is CCN(c1ccc(C(=O)N2CCCC(NC)C2)cc1)C(C)C. The van der Waals surface area contributed by atoms with Crippen molar-refractivity contribution in [3.05, 3.63) is 29.8 Å². The molecule has 1 aliphatic heterocycles. The average molecular weight is 303 g/mol. The van der Waals surface area contributed by atoms with E-state index in [9.17, 15) is 4.79 Å². The number of nitrogens with zero attached hydrogens (tertiary/aromatic N) is 2. The summed E-state index contributed by atoms with van der Waals surface area (Å²) in [5, 5.41) is 3.28. The lowest BCUT2D eigenvalue weighted by Gasteiger charge is -2.33. The van der Waals surface area contributed by atoms with Crippen LogP contribution in [0.25, 0.3) is 0 Å². The van der Waals surface area contributed by atoms with Gasteiger partial charge in [0.05, 0.1) is 0 Å². The van der Waals surface area contributed by atoms with Crippen LogP contribution in [-0.4, -0.2) is 49.6 Å². The van der Waals surface area contributed by atoms with E-state index in [-0.39, 0.29) is 5.91 Å². The van der Waals surface area contributed by atoms with Crippen LogP contribution in [0.2, 0.25) is 0 Å². The van der Waals surface area contributed by atoms with Crippen LogP contribution in [0.5, 0.6) is 0 Å². The fraction of sp³-hybridized carbons (Fsp3) is 0.611. The van der Waals surface area contributed by atoms with E-state index in [1.165, 1.54) is 5.69 Å². The van der Waals surface area contributed by atoms with Crippen molar-refractivity contribution in [1.29, 1.82) is 0 Å². The van der Waals surface area contributed by atoms with Gasteiger partial charge < -0.3 is 15.1 Å². The third-order valence-corrected chi connectivity index (χ3v) is 4.53. The largest absolute Gasteiger partial charge is 0.369 e. The van der Waals surface area contributed by atoms with Gasteiger partial charge in [0.25, 0.3) is 5.91 Å². The molecule has 0 aromatic heterocycles. The Morgan fingerprint density at radius 3 is 2.59 bits per heavy atom. The fourth-order valence-electron chi connectivity index (χ4n) is 3.22. The van der Waals surface area contributed by atoms with Crippen molar-refractivity contribution in [2.75, 3.05) is 31.6 Å². The maximum Gasteiger partial charge on any atom is 0.253 e. The second kappa shape index (κ2) is 7.63. The van der Waals surface area contributed by atoms with Gasteiger partial charge in [-0.15, -0.1) is 0 Å². The van der Waals surface area contributed by atoms with Crippen LogP contribution in [0.3, 0.4) is 0 Å². The van der Waals surface area contributed by atoms with Crippen LogP contribution in [0, 0.1) is 0 Å². The van der Waals surface area contributed by atoms with Gasteiger partial charge in [0.1, 0.15) is 0 Å². The van der Waals surface area contributed by atoms with E-state index < -0.39 is 0 Å². The Morgan fingerprint density at radius 2 is 2.05 bits per heavy atom.